The Morgan fingerprint density at radius 3 is 2.55 bits per heavy atom. The molecule has 0 amide bonds. The van der Waals surface area contributed by atoms with Crippen molar-refractivity contribution in [2.45, 2.75) is 19.4 Å². The zero-order valence-electron chi connectivity index (χ0n) is 11.6. The van der Waals surface area contributed by atoms with Crippen molar-refractivity contribution in [1.82, 2.24) is 9.80 Å². The zero-order valence-corrected chi connectivity index (χ0v) is 12.4. The molecule has 110 valence electrons. The van der Waals surface area contributed by atoms with Gasteiger partial charge in [0.05, 0.1) is 0 Å². The average Bonchev–Trinajstić information content (AvgIpc) is 2.40. The van der Waals surface area contributed by atoms with Gasteiger partial charge in [-0.05, 0) is 30.7 Å². The monoisotopic (exact) mass is 296 g/mol. The summed E-state index contributed by atoms with van der Waals surface area (Å²) in [7, 11) is 0. The second-order valence-electron chi connectivity index (χ2n) is 5.25. The van der Waals surface area contributed by atoms with Gasteiger partial charge >= 0.3 is 5.97 Å². The molecule has 1 N–H and O–H groups in total. The topological polar surface area (TPSA) is 43.8 Å². The van der Waals surface area contributed by atoms with E-state index in [1.807, 2.05) is 18.2 Å². The van der Waals surface area contributed by atoms with E-state index >= 15 is 0 Å². The highest BCUT2D eigenvalue weighted by Gasteiger charge is 2.16. The van der Waals surface area contributed by atoms with E-state index in [4.69, 9.17) is 16.7 Å². The van der Waals surface area contributed by atoms with Crippen LogP contribution in [0.15, 0.2) is 24.3 Å². The summed E-state index contributed by atoms with van der Waals surface area (Å²) in [5.41, 5.74) is 1.25. The minimum Gasteiger partial charge on any atom is -0.481 e. The number of hydrogen-bond acceptors (Lipinski definition) is 3. The molecule has 1 fully saturated rings. The van der Waals surface area contributed by atoms with E-state index in [0.29, 0.717) is 0 Å². The maximum atomic E-state index is 10.5. The van der Waals surface area contributed by atoms with Crippen LogP contribution in [0.3, 0.4) is 0 Å². The second kappa shape index (κ2) is 7.62. The molecule has 0 aliphatic carbocycles. The molecule has 1 heterocycles. The van der Waals surface area contributed by atoms with E-state index in [2.05, 4.69) is 15.9 Å². The SMILES string of the molecule is O=C(O)CCCN1CCN(Cc2cccc(Cl)c2)CC1. The lowest BCUT2D eigenvalue weighted by molar-refractivity contribution is -0.137. The first-order valence-corrected chi connectivity index (χ1v) is 7.42. The maximum absolute atomic E-state index is 10.5. The second-order valence-corrected chi connectivity index (χ2v) is 5.68. The Morgan fingerprint density at radius 1 is 1.20 bits per heavy atom. The van der Waals surface area contributed by atoms with Crippen LogP contribution < -0.4 is 0 Å². The number of carboxylic acids is 1. The van der Waals surface area contributed by atoms with Crippen LogP contribution in [0.2, 0.25) is 5.02 Å². The summed E-state index contributed by atoms with van der Waals surface area (Å²) in [6.07, 6.45) is 1.01. The van der Waals surface area contributed by atoms with Gasteiger partial charge < -0.3 is 10.0 Å². The van der Waals surface area contributed by atoms with E-state index < -0.39 is 5.97 Å². The Hall–Kier alpha value is -1.10. The number of rotatable bonds is 6. The molecule has 0 atom stereocenters. The molecule has 0 radical (unpaired) electrons. The van der Waals surface area contributed by atoms with Crippen molar-refractivity contribution in [3.05, 3.63) is 34.9 Å². The van der Waals surface area contributed by atoms with Gasteiger partial charge in [-0.15, -0.1) is 0 Å². The fraction of sp³-hybridized carbons (Fsp3) is 0.533. The summed E-state index contributed by atoms with van der Waals surface area (Å²) in [5.74, 6) is -0.704. The number of nitrogens with zero attached hydrogens (tertiary/aromatic N) is 2. The molecule has 1 saturated heterocycles. The molecule has 0 unspecified atom stereocenters. The van der Waals surface area contributed by atoms with Gasteiger partial charge in [0, 0.05) is 44.2 Å². The summed E-state index contributed by atoms with van der Waals surface area (Å²) in [6.45, 7) is 5.90. The van der Waals surface area contributed by atoms with Gasteiger partial charge in [0.2, 0.25) is 0 Å². The minimum absolute atomic E-state index is 0.267. The molecule has 2 rings (SSSR count). The molecule has 1 aromatic rings. The molecule has 1 aliphatic heterocycles. The first-order valence-electron chi connectivity index (χ1n) is 7.04. The molecule has 1 aromatic carbocycles. The Morgan fingerprint density at radius 2 is 1.90 bits per heavy atom. The first-order chi connectivity index (χ1) is 9.63. The fourth-order valence-electron chi connectivity index (χ4n) is 2.52. The number of aliphatic carboxylic acids is 1. The number of piperazine rings is 1. The minimum atomic E-state index is -0.704. The van der Waals surface area contributed by atoms with Crippen molar-refractivity contribution in [2.75, 3.05) is 32.7 Å². The van der Waals surface area contributed by atoms with Crippen LogP contribution in [-0.4, -0.2) is 53.6 Å². The van der Waals surface area contributed by atoms with Crippen molar-refractivity contribution >= 4 is 17.6 Å². The molecule has 0 aromatic heterocycles. The van der Waals surface area contributed by atoms with E-state index in [9.17, 15) is 4.79 Å². The van der Waals surface area contributed by atoms with Crippen molar-refractivity contribution in [3.63, 3.8) is 0 Å². The molecule has 0 spiro atoms. The highest BCUT2D eigenvalue weighted by molar-refractivity contribution is 6.30. The smallest absolute Gasteiger partial charge is 0.303 e. The molecule has 20 heavy (non-hydrogen) atoms. The fourth-order valence-corrected chi connectivity index (χ4v) is 2.73. The molecule has 1 aliphatic rings. The molecule has 4 nitrogen and oxygen atoms in total. The molecule has 0 bridgehead atoms. The number of carbonyl (C=O) groups is 1. The van der Waals surface area contributed by atoms with Crippen molar-refractivity contribution in [2.24, 2.45) is 0 Å². The average molecular weight is 297 g/mol. The van der Waals surface area contributed by atoms with Gasteiger partial charge in [-0.2, -0.15) is 0 Å². The first kappa shape index (κ1) is 15.3. The van der Waals surface area contributed by atoms with Crippen molar-refractivity contribution in [1.29, 1.82) is 0 Å². The molecule has 5 heteroatoms. The highest BCUT2D eigenvalue weighted by atomic mass is 35.5. The number of hydrogen-bond donors (Lipinski definition) is 1. The standard InChI is InChI=1S/C15H21ClN2O2/c16-14-4-1-3-13(11-14)12-18-9-7-17(8-10-18)6-2-5-15(19)20/h1,3-4,11H,2,5-10,12H2,(H,19,20). The van der Waals surface area contributed by atoms with Crippen LogP contribution in [0, 0.1) is 0 Å². The van der Waals surface area contributed by atoms with E-state index in [-0.39, 0.29) is 6.42 Å². The third-order valence-corrected chi connectivity index (χ3v) is 3.86. The summed E-state index contributed by atoms with van der Waals surface area (Å²) in [4.78, 5) is 15.2. The lowest BCUT2D eigenvalue weighted by Crippen LogP contribution is -2.46. The van der Waals surface area contributed by atoms with Gasteiger partial charge in [-0.25, -0.2) is 0 Å². The van der Waals surface area contributed by atoms with Gasteiger partial charge in [0.15, 0.2) is 0 Å². The quantitative estimate of drug-likeness (QED) is 0.875. The lowest BCUT2D eigenvalue weighted by Gasteiger charge is -2.34. The van der Waals surface area contributed by atoms with Crippen LogP contribution in [0.1, 0.15) is 18.4 Å². The predicted molar refractivity (Wildman–Crippen MR) is 80.0 cm³/mol. The van der Waals surface area contributed by atoms with Crippen LogP contribution in [0.5, 0.6) is 0 Å². The Bertz CT molecular complexity index is 445. The van der Waals surface area contributed by atoms with Crippen molar-refractivity contribution in [3.8, 4) is 0 Å². The summed E-state index contributed by atoms with van der Waals surface area (Å²) in [5, 5.41) is 9.42. The van der Waals surface area contributed by atoms with Crippen LogP contribution >= 0.6 is 11.6 Å². The van der Waals surface area contributed by atoms with E-state index in [1.165, 1.54) is 5.56 Å². The van der Waals surface area contributed by atoms with Gasteiger partial charge in [-0.3, -0.25) is 9.69 Å². The summed E-state index contributed by atoms with van der Waals surface area (Å²) >= 11 is 5.99. The number of benzene rings is 1. The largest absolute Gasteiger partial charge is 0.481 e. The van der Waals surface area contributed by atoms with Crippen LogP contribution in [0.25, 0.3) is 0 Å². The summed E-state index contributed by atoms with van der Waals surface area (Å²) in [6, 6.07) is 8.00. The van der Waals surface area contributed by atoms with Gasteiger partial charge in [-0.1, -0.05) is 23.7 Å². The van der Waals surface area contributed by atoms with Crippen LogP contribution in [0.4, 0.5) is 0 Å². The molecule has 0 saturated carbocycles. The van der Waals surface area contributed by atoms with Gasteiger partial charge in [0.1, 0.15) is 0 Å². The molecular weight excluding hydrogens is 276 g/mol. The normalized spacial score (nSPS) is 17.2. The van der Waals surface area contributed by atoms with Crippen molar-refractivity contribution < 1.29 is 9.90 Å². The third-order valence-electron chi connectivity index (χ3n) is 3.63. The predicted octanol–water partition coefficient (Wildman–Crippen LogP) is 2.32. The third kappa shape index (κ3) is 5.12. The number of carboxylic acid groups (broad SMARTS) is 1. The maximum Gasteiger partial charge on any atom is 0.303 e. The number of halogens is 1. The zero-order chi connectivity index (χ0) is 14.4. The Kier molecular flexibility index (Phi) is 5.83. The van der Waals surface area contributed by atoms with E-state index in [1.54, 1.807) is 0 Å². The van der Waals surface area contributed by atoms with Crippen LogP contribution in [-0.2, 0) is 11.3 Å². The molecular formula is C15H21ClN2O2. The Labute approximate surface area is 124 Å². The summed E-state index contributed by atoms with van der Waals surface area (Å²) < 4.78 is 0. The highest BCUT2D eigenvalue weighted by Crippen LogP contribution is 2.14. The van der Waals surface area contributed by atoms with Gasteiger partial charge in [0.25, 0.3) is 0 Å². The van der Waals surface area contributed by atoms with E-state index in [0.717, 1.165) is 50.7 Å². The lowest BCUT2D eigenvalue weighted by atomic mass is 10.2. The Balaban J connectivity index is 1.70.